The van der Waals surface area contributed by atoms with E-state index >= 15 is 0 Å². The summed E-state index contributed by atoms with van der Waals surface area (Å²) in [7, 11) is 0. The average molecular weight is 319 g/mol. The van der Waals surface area contributed by atoms with Crippen LogP contribution in [0.1, 0.15) is 6.92 Å². The first-order chi connectivity index (χ1) is 8.41. The molecule has 0 saturated carbocycles. The van der Waals surface area contributed by atoms with E-state index in [2.05, 4.69) is 26.6 Å². The van der Waals surface area contributed by atoms with E-state index in [-0.39, 0.29) is 12.2 Å². The number of hydrogen-bond acceptors (Lipinski definition) is 2. The number of carboxylic acid groups (broad SMARTS) is 1. The fourth-order valence-corrected chi connectivity index (χ4v) is 1.55. The SMILES string of the molecule is CC(CNC(=O)Nc1c(F)cccc1Br)C(=O)O. The highest BCUT2D eigenvalue weighted by molar-refractivity contribution is 9.10. The van der Waals surface area contributed by atoms with Crippen LogP contribution in [-0.2, 0) is 4.79 Å². The number of carbonyl (C=O) groups is 2. The summed E-state index contributed by atoms with van der Waals surface area (Å²) in [5.41, 5.74) is 0.0120. The van der Waals surface area contributed by atoms with Gasteiger partial charge in [0.15, 0.2) is 0 Å². The van der Waals surface area contributed by atoms with Crippen molar-refractivity contribution in [1.29, 1.82) is 0 Å². The van der Waals surface area contributed by atoms with E-state index in [1.165, 1.54) is 19.1 Å². The summed E-state index contributed by atoms with van der Waals surface area (Å²) >= 11 is 3.10. The standard InChI is InChI=1S/C11H12BrFN2O3/c1-6(10(16)17)5-14-11(18)15-9-7(12)3-2-4-8(9)13/h2-4,6H,5H2,1H3,(H,16,17)(H2,14,15,18). The van der Waals surface area contributed by atoms with E-state index in [4.69, 9.17) is 5.11 Å². The van der Waals surface area contributed by atoms with Crippen LogP contribution in [0.3, 0.4) is 0 Å². The smallest absolute Gasteiger partial charge is 0.319 e. The fourth-order valence-electron chi connectivity index (χ4n) is 1.11. The summed E-state index contributed by atoms with van der Waals surface area (Å²) in [6.45, 7) is 1.43. The molecule has 0 aromatic heterocycles. The molecule has 1 aromatic carbocycles. The number of benzene rings is 1. The molecule has 0 radical (unpaired) electrons. The molecule has 5 nitrogen and oxygen atoms in total. The number of anilines is 1. The molecule has 7 heteroatoms. The lowest BCUT2D eigenvalue weighted by Gasteiger charge is -2.11. The Balaban J connectivity index is 2.58. The summed E-state index contributed by atoms with van der Waals surface area (Å²) in [4.78, 5) is 22.0. The molecule has 0 saturated heterocycles. The topological polar surface area (TPSA) is 78.4 Å². The molecule has 0 spiro atoms. The Morgan fingerprint density at radius 3 is 2.72 bits per heavy atom. The molecular formula is C11H12BrFN2O3. The minimum Gasteiger partial charge on any atom is -0.481 e. The van der Waals surface area contributed by atoms with E-state index in [0.29, 0.717) is 4.47 Å². The Bertz CT molecular complexity index is 447. The molecule has 1 aromatic rings. The highest BCUT2D eigenvalue weighted by Gasteiger charge is 2.14. The van der Waals surface area contributed by atoms with Crippen LogP contribution in [0.2, 0.25) is 0 Å². The van der Waals surface area contributed by atoms with E-state index in [9.17, 15) is 14.0 Å². The lowest BCUT2D eigenvalue weighted by atomic mass is 10.2. The summed E-state index contributed by atoms with van der Waals surface area (Å²) < 4.78 is 13.8. The first-order valence-corrected chi connectivity index (χ1v) is 5.92. The molecule has 0 aliphatic carbocycles. The summed E-state index contributed by atoms with van der Waals surface area (Å²) in [6.07, 6.45) is 0. The minimum absolute atomic E-state index is 0.0120. The molecule has 1 atom stereocenters. The van der Waals surface area contributed by atoms with Crippen molar-refractivity contribution in [2.24, 2.45) is 5.92 Å². The Morgan fingerprint density at radius 2 is 2.17 bits per heavy atom. The number of carbonyl (C=O) groups excluding carboxylic acids is 1. The van der Waals surface area contributed by atoms with Gasteiger partial charge in [-0.05, 0) is 28.1 Å². The molecule has 18 heavy (non-hydrogen) atoms. The molecule has 0 aliphatic heterocycles. The second-order valence-electron chi connectivity index (χ2n) is 3.67. The van der Waals surface area contributed by atoms with Gasteiger partial charge in [-0.3, -0.25) is 4.79 Å². The lowest BCUT2D eigenvalue weighted by Crippen LogP contribution is -2.34. The van der Waals surface area contributed by atoms with Crippen LogP contribution in [0.25, 0.3) is 0 Å². The third-order valence-corrected chi connectivity index (χ3v) is 2.85. The maximum Gasteiger partial charge on any atom is 0.319 e. The lowest BCUT2D eigenvalue weighted by molar-refractivity contribution is -0.140. The van der Waals surface area contributed by atoms with Gasteiger partial charge in [0.2, 0.25) is 0 Å². The predicted molar refractivity (Wildman–Crippen MR) is 67.9 cm³/mol. The number of urea groups is 1. The molecule has 1 unspecified atom stereocenters. The normalized spacial score (nSPS) is 11.7. The zero-order chi connectivity index (χ0) is 13.7. The van der Waals surface area contributed by atoms with Crippen LogP contribution in [0.4, 0.5) is 14.9 Å². The Hall–Kier alpha value is -1.63. The molecule has 1 rings (SSSR count). The zero-order valence-corrected chi connectivity index (χ0v) is 11.1. The number of rotatable bonds is 4. The first kappa shape index (κ1) is 14.4. The largest absolute Gasteiger partial charge is 0.481 e. The van der Waals surface area contributed by atoms with Crippen LogP contribution in [0.5, 0.6) is 0 Å². The summed E-state index contributed by atoms with van der Waals surface area (Å²) in [5.74, 6) is -2.30. The monoisotopic (exact) mass is 318 g/mol. The van der Waals surface area contributed by atoms with Gasteiger partial charge in [-0.2, -0.15) is 0 Å². The van der Waals surface area contributed by atoms with Gasteiger partial charge in [-0.25, -0.2) is 9.18 Å². The van der Waals surface area contributed by atoms with Gasteiger partial charge in [-0.1, -0.05) is 13.0 Å². The number of para-hydroxylation sites is 1. The van der Waals surface area contributed by atoms with Crippen molar-refractivity contribution >= 4 is 33.6 Å². The molecule has 0 aliphatic rings. The van der Waals surface area contributed by atoms with Crippen molar-refractivity contribution in [3.8, 4) is 0 Å². The van der Waals surface area contributed by atoms with Crippen LogP contribution in [0.15, 0.2) is 22.7 Å². The fraction of sp³-hybridized carbons (Fsp3) is 0.273. The molecule has 3 N–H and O–H groups in total. The highest BCUT2D eigenvalue weighted by atomic mass is 79.9. The van der Waals surface area contributed by atoms with Crippen molar-refractivity contribution in [2.45, 2.75) is 6.92 Å². The molecule has 0 fully saturated rings. The van der Waals surface area contributed by atoms with Crippen molar-refractivity contribution in [3.63, 3.8) is 0 Å². The third kappa shape index (κ3) is 3.99. The van der Waals surface area contributed by atoms with Crippen molar-refractivity contribution in [3.05, 3.63) is 28.5 Å². The maximum atomic E-state index is 13.4. The third-order valence-electron chi connectivity index (χ3n) is 2.19. The average Bonchev–Trinajstić information content (AvgIpc) is 2.30. The van der Waals surface area contributed by atoms with Gasteiger partial charge in [0, 0.05) is 11.0 Å². The maximum absolute atomic E-state index is 13.4. The zero-order valence-electron chi connectivity index (χ0n) is 9.54. The second-order valence-corrected chi connectivity index (χ2v) is 4.53. The van der Waals surface area contributed by atoms with Crippen LogP contribution in [-0.4, -0.2) is 23.7 Å². The van der Waals surface area contributed by atoms with Gasteiger partial charge in [-0.15, -0.1) is 0 Å². The predicted octanol–water partition coefficient (Wildman–Crippen LogP) is 2.43. The van der Waals surface area contributed by atoms with Crippen LogP contribution in [0, 0.1) is 11.7 Å². The molecule has 2 amide bonds. The van der Waals surface area contributed by atoms with E-state index < -0.39 is 23.7 Å². The Morgan fingerprint density at radius 1 is 1.50 bits per heavy atom. The Labute approximate surface area is 112 Å². The number of hydrogen-bond donors (Lipinski definition) is 3. The molecule has 0 bridgehead atoms. The van der Waals surface area contributed by atoms with E-state index in [1.807, 2.05) is 0 Å². The van der Waals surface area contributed by atoms with Crippen molar-refractivity contribution < 1.29 is 19.1 Å². The van der Waals surface area contributed by atoms with Crippen molar-refractivity contribution in [1.82, 2.24) is 5.32 Å². The van der Waals surface area contributed by atoms with Crippen LogP contribution < -0.4 is 10.6 Å². The number of halogens is 2. The number of aliphatic carboxylic acids is 1. The highest BCUT2D eigenvalue weighted by Crippen LogP contribution is 2.24. The summed E-state index contributed by atoms with van der Waals surface area (Å²) in [6, 6.07) is 3.63. The minimum atomic E-state index is -1.01. The van der Waals surface area contributed by atoms with Gasteiger partial charge >= 0.3 is 12.0 Å². The first-order valence-electron chi connectivity index (χ1n) is 5.13. The summed E-state index contributed by atoms with van der Waals surface area (Å²) in [5, 5.41) is 13.3. The number of carboxylic acids is 1. The Kier molecular flexibility index (Phi) is 5.08. The number of nitrogens with one attached hydrogen (secondary N) is 2. The van der Waals surface area contributed by atoms with Crippen LogP contribution >= 0.6 is 15.9 Å². The van der Waals surface area contributed by atoms with Gasteiger partial charge < -0.3 is 15.7 Å². The number of amides is 2. The van der Waals surface area contributed by atoms with Gasteiger partial charge in [0.1, 0.15) is 5.82 Å². The molecular weight excluding hydrogens is 307 g/mol. The van der Waals surface area contributed by atoms with E-state index in [1.54, 1.807) is 6.07 Å². The quantitative estimate of drug-likeness (QED) is 0.797. The van der Waals surface area contributed by atoms with Gasteiger partial charge in [0.05, 0.1) is 11.6 Å². The second kappa shape index (κ2) is 6.34. The molecule has 98 valence electrons. The molecule has 0 heterocycles. The van der Waals surface area contributed by atoms with Crippen molar-refractivity contribution in [2.75, 3.05) is 11.9 Å². The van der Waals surface area contributed by atoms with E-state index in [0.717, 1.165) is 0 Å². The van der Waals surface area contributed by atoms with Gasteiger partial charge in [0.25, 0.3) is 0 Å².